The molecule has 0 aliphatic carbocycles. The molecule has 2 amide bonds. The summed E-state index contributed by atoms with van der Waals surface area (Å²) < 4.78 is 12.4. The molecule has 6 nitrogen and oxygen atoms in total. The summed E-state index contributed by atoms with van der Waals surface area (Å²) in [6, 6.07) is 23.5. The zero-order valence-electron chi connectivity index (χ0n) is 25.7. The van der Waals surface area contributed by atoms with Gasteiger partial charge in [0.1, 0.15) is 24.7 Å². The molecule has 1 aliphatic rings. The highest BCUT2D eigenvalue weighted by Crippen LogP contribution is 2.29. The van der Waals surface area contributed by atoms with Crippen LogP contribution in [0.3, 0.4) is 0 Å². The molecule has 1 heterocycles. The zero-order chi connectivity index (χ0) is 30.6. The van der Waals surface area contributed by atoms with Crippen LogP contribution in [0.2, 0.25) is 0 Å². The van der Waals surface area contributed by atoms with Gasteiger partial charge in [-0.15, -0.1) is 0 Å². The molecule has 44 heavy (non-hydrogen) atoms. The van der Waals surface area contributed by atoms with E-state index in [0.29, 0.717) is 41.3 Å². The van der Waals surface area contributed by atoms with E-state index < -0.39 is 0 Å². The van der Waals surface area contributed by atoms with Gasteiger partial charge in [0.2, 0.25) is 0 Å². The second-order valence-corrected chi connectivity index (χ2v) is 11.8. The lowest BCUT2D eigenvalue weighted by Crippen LogP contribution is -2.25. The normalized spacial score (nSPS) is 17.1. The van der Waals surface area contributed by atoms with Gasteiger partial charge in [-0.3, -0.25) is 9.59 Å². The van der Waals surface area contributed by atoms with Crippen molar-refractivity contribution in [3.63, 3.8) is 0 Å². The van der Waals surface area contributed by atoms with Gasteiger partial charge in [0, 0.05) is 13.1 Å². The minimum Gasteiger partial charge on any atom is -0.488 e. The highest BCUT2D eigenvalue weighted by atomic mass is 16.5. The number of carbonyl (C=O) groups excluding carboxylic acids is 2. The molecule has 0 saturated carbocycles. The number of rotatable bonds is 0. The third kappa shape index (κ3) is 8.62. The molecule has 1 aliphatic heterocycles. The van der Waals surface area contributed by atoms with Crippen LogP contribution < -0.4 is 20.1 Å². The average molecular weight is 593 g/mol. The van der Waals surface area contributed by atoms with Gasteiger partial charge >= 0.3 is 0 Å². The van der Waals surface area contributed by atoms with Crippen LogP contribution in [0.5, 0.6) is 11.5 Å². The van der Waals surface area contributed by atoms with Crippen LogP contribution >= 0.6 is 0 Å². The number of benzene rings is 4. The van der Waals surface area contributed by atoms with Crippen LogP contribution in [-0.4, -0.2) is 38.1 Å². The molecule has 6 heteroatoms. The van der Waals surface area contributed by atoms with E-state index >= 15 is 0 Å². The van der Waals surface area contributed by atoms with E-state index in [-0.39, 0.29) is 25.0 Å². The van der Waals surface area contributed by atoms with E-state index in [4.69, 9.17) is 9.47 Å². The number of carbonyl (C=O) groups is 2. The molecule has 0 unspecified atom stereocenters. The van der Waals surface area contributed by atoms with Gasteiger partial charge in [-0.25, -0.2) is 0 Å². The standard InChI is InChI=1S/C38H44N2O4/c1-28-26-43-35-24-31-18-12-10-16-29(31)22-33(35)37(41)39-20-14-8-6-4-2-3-5-7-9-15-21-40-38(42)34-23-30-17-11-13-19-32(30)25-36(34)44-27-28/h10-13,16-19,22-25H,1-9,14-15,20-21,26-27H2,(H,39,41)(H,40,42). The summed E-state index contributed by atoms with van der Waals surface area (Å²) in [6.07, 6.45) is 11.5. The van der Waals surface area contributed by atoms with E-state index in [0.717, 1.165) is 47.2 Å². The van der Waals surface area contributed by atoms with E-state index in [1.165, 1.54) is 38.5 Å². The molecular weight excluding hydrogens is 548 g/mol. The van der Waals surface area contributed by atoms with E-state index in [2.05, 4.69) is 17.2 Å². The lowest BCUT2D eigenvalue weighted by Gasteiger charge is -2.16. The molecule has 0 fully saturated rings. The number of fused-ring (bicyclic) bond motifs is 4. The molecule has 4 aromatic rings. The van der Waals surface area contributed by atoms with Crippen molar-refractivity contribution in [1.82, 2.24) is 10.6 Å². The van der Waals surface area contributed by atoms with Gasteiger partial charge in [0.05, 0.1) is 11.1 Å². The van der Waals surface area contributed by atoms with Crippen molar-refractivity contribution in [2.45, 2.75) is 64.2 Å². The van der Waals surface area contributed by atoms with Gasteiger partial charge in [-0.05, 0) is 64.2 Å². The molecular formula is C38H44N2O4. The third-order valence-corrected chi connectivity index (χ3v) is 8.22. The molecule has 0 aromatic heterocycles. The van der Waals surface area contributed by atoms with E-state index in [1.54, 1.807) is 0 Å². The minimum atomic E-state index is -0.134. The van der Waals surface area contributed by atoms with E-state index in [1.807, 2.05) is 72.8 Å². The first-order chi connectivity index (χ1) is 21.6. The fourth-order valence-electron chi connectivity index (χ4n) is 5.69. The molecule has 230 valence electrons. The minimum absolute atomic E-state index is 0.134. The smallest absolute Gasteiger partial charge is 0.255 e. The summed E-state index contributed by atoms with van der Waals surface area (Å²) in [5.74, 6) is 0.757. The lowest BCUT2D eigenvalue weighted by molar-refractivity contribution is 0.0941. The summed E-state index contributed by atoms with van der Waals surface area (Å²) >= 11 is 0. The second-order valence-electron chi connectivity index (χ2n) is 11.8. The molecule has 2 N–H and O–H groups in total. The fraction of sp³-hybridized carbons (Fsp3) is 0.368. The van der Waals surface area contributed by atoms with Gasteiger partial charge in [-0.2, -0.15) is 0 Å². The van der Waals surface area contributed by atoms with E-state index in [9.17, 15) is 9.59 Å². The largest absolute Gasteiger partial charge is 0.488 e. The van der Waals surface area contributed by atoms with Crippen molar-refractivity contribution >= 4 is 33.4 Å². The predicted molar refractivity (Wildman–Crippen MR) is 179 cm³/mol. The number of hydrogen-bond acceptors (Lipinski definition) is 4. The fourth-order valence-corrected chi connectivity index (χ4v) is 5.69. The Bertz CT molecular complexity index is 1480. The summed E-state index contributed by atoms with van der Waals surface area (Å²) in [4.78, 5) is 26.5. The summed E-state index contributed by atoms with van der Waals surface area (Å²) in [7, 11) is 0. The maximum atomic E-state index is 13.3. The highest BCUT2D eigenvalue weighted by Gasteiger charge is 2.17. The third-order valence-electron chi connectivity index (χ3n) is 8.22. The average Bonchev–Trinajstić information content (AvgIpc) is 3.05. The first-order valence-electron chi connectivity index (χ1n) is 16.1. The first kappa shape index (κ1) is 31.1. The quantitative estimate of drug-likeness (QED) is 0.201. The van der Waals surface area contributed by atoms with Crippen molar-refractivity contribution in [3.05, 3.63) is 96.1 Å². The SMILES string of the molecule is C=C1COc2cc3ccccc3cc2C(=O)NCCCCCCCCCCCCNC(=O)c2cc3ccccc3cc2OC1. The number of nitrogens with one attached hydrogen (secondary N) is 2. The van der Waals surface area contributed by atoms with Gasteiger partial charge in [-0.1, -0.05) is 106 Å². The van der Waals surface area contributed by atoms with Crippen molar-refractivity contribution < 1.29 is 19.1 Å². The first-order valence-corrected chi connectivity index (χ1v) is 16.1. The van der Waals surface area contributed by atoms with Crippen LogP contribution in [0, 0.1) is 0 Å². The molecule has 0 bridgehead atoms. The maximum Gasteiger partial charge on any atom is 0.255 e. The molecule has 0 spiro atoms. The van der Waals surface area contributed by atoms with Gasteiger partial charge in [0.25, 0.3) is 11.8 Å². The van der Waals surface area contributed by atoms with Crippen LogP contribution in [0.4, 0.5) is 0 Å². The Kier molecular flexibility index (Phi) is 11.3. The van der Waals surface area contributed by atoms with Crippen molar-refractivity contribution in [3.8, 4) is 11.5 Å². The van der Waals surface area contributed by atoms with Gasteiger partial charge in [0.15, 0.2) is 0 Å². The summed E-state index contributed by atoms with van der Waals surface area (Å²) in [5, 5.41) is 10.2. The van der Waals surface area contributed by atoms with Crippen molar-refractivity contribution in [1.29, 1.82) is 0 Å². The Balaban J connectivity index is 1.33. The number of amides is 2. The van der Waals surface area contributed by atoms with Gasteiger partial charge < -0.3 is 20.1 Å². The zero-order valence-corrected chi connectivity index (χ0v) is 25.7. The monoisotopic (exact) mass is 592 g/mol. The maximum absolute atomic E-state index is 13.3. The predicted octanol–water partition coefficient (Wildman–Crippen LogP) is 8.38. The molecule has 0 saturated heterocycles. The topological polar surface area (TPSA) is 76.7 Å². The Morgan fingerprint density at radius 3 is 1.23 bits per heavy atom. The Labute approximate surface area is 260 Å². The number of ether oxygens (including phenoxy) is 2. The second kappa shape index (κ2) is 15.9. The molecule has 4 aromatic carbocycles. The summed E-state index contributed by atoms with van der Waals surface area (Å²) in [6.45, 7) is 5.81. The molecule has 0 radical (unpaired) electrons. The van der Waals surface area contributed by atoms with Crippen molar-refractivity contribution in [2.75, 3.05) is 26.3 Å². The Morgan fingerprint density at radius 1 is 0.500 bits per heavy atom. The lowest BCUT2D eigenvalue weighted by atomic mass is 10.0. The van der Waals surface area contributed by atoms with Crippen LogP contribution in [0.25, 0.3) is 21.5 Å². The molecule has 0 atom stereocenters. The Hall–Kier alpha value is -4.32. The summed E-state index contributed by atoms with van der Waals surface area (Å²) in [5.41, 5.74) is 1.71. The highest BCUT2D eigenvalue weighted by molar-refractivity contribution is 6.02. The van der Waals surface area contributed by atoms with Crippen LogP contribution in [-0.2, 0) is 0 Å². The van der Waals surface area contributed by atoms with Crippen molar-refractivity contribution in [2.24, 2.45) is 0 Å². The number of hydrogen-bond donors (Lipinski definition) is 2. The van der Waals surface area contributed by atoms with Crippen LogP contribution in [0.15, 0.2) is 84.9 Å². The Morgan fingerprint density at radius 2 is 0.841 bits per heavy atom. The van der Waals surface area contributed by atoms with Crippen LogP contribution in [0.1, 0.15) is 84.9 Å². The molecule has 5 rings (SSSR count).